The molecule has 0 bridgehead atoms. The van der Waals surface area contributed by atoms with E-state index in [2.05, 4.69) is 0 Å². The molecule has 66 valence electrons. The van der Waals surface area contributed by atoms with Gasteiger partial charge in [0.2, 0.25) is 0 Å². The minimum atomic E-state index is 0. The first kappa shape index (κ1) is 16.8. The number of hydrogen-bond acceptors (Lipinski definition) is 2. The van der Waals surface area contributed by atoms with Crippen LogP contribution in [0, 0.1) is 0 Å². The van der Waals surface area contributed by atoms with E-state index in [1.54, 1.807) is 0 Å². The van der Waals surface area contributed by atoms with Crippen LogP contribution in [0.1, 0.15) is 25.7 Å². The van der Waals surface area contributed by atoms with E-state index in [1.807, 2.05) is 0 Å². The van der Waals surface area contributed by atoms with Crippen LogP contribution in [0.5, 0.6) is 0 Å². The van der Waals surface area contributed by atoms with E-state index in [0.717, 1.165) is 25.9 Å². The summed E-state index contributed by atoms with van der Waals surface area (Å²) in [5, 5.41) is 0. The molecule has 0 fully saturated rings. The maximum Gasteiger partial charge on any atom is -0.00773 e. The highest BCUT2D eigenvalue weighted by atomic mass is 35.5. The predicted molar refractivity (Wildman–Crippen MR) is 51.1 cm³/mol. The van der Waals surface area contributed by atoms with Crippen molar-refractivity contribution in [2.45, 2.75) is 25.7 Å². The van der Waals surface area contributed by atoms with Gasteiger partial charge in [-0.05, 0) is 25.9 Å². The third kappa shape index (κ3) is 15.8. The third-order valence-corrected chi connectivity index (χ3v) is 1.16. The summed E-state index contributed by atoms with van der Waals surface area (Å²) in [4.78, 5) is 0. The Hall–Kier alpha value is 0.500. The van der Waals surface area contributed by atoms with Crippen molar-refractivity contribution in [3.05, 3.63) is 0 Å². The molecule has 2 nitrogen and oxygen atoms in total. The van der Waals surface area contributed by atoms with Crippen molar-refractivity contribution in [2.75, 3.05) is 13.1 Å². The van der Waals surface area contributed by atoms with Gasteiger partial charge >= 0.3 is 0 Å². The lowest BCUT2D eigenvalue weighted by Gasteiger charge is -1.94. The van der Waals surface area contributed by atoms with Crippen LogP contribution in [0.2, 0.25) is 0 Å². The van der Waals surface area contributed by atoms with Gasteiger partial charge in [0.05, 0.1) is 0 Å². The van der Waals surface area contributed by atoms with Gasteiger partial charge in [0, 0.05) is 0 Å². The van der Waals surface area contributed by atoms with Gasteiger partial charge < -0.3 is 11.5 Å². The van der Waals surface area contributed by atoms with Gasteiger partial charge in [0.25, 0.3) is 0 Å². The Balaban J connectivity index is -0.000000245. The van der Waals surface area contributed by atoms with Gasteiger partial charge in [-0.2, -0.15) is 0 Å². The largest absolute Gasteiger partial charge is 0.330 e. The first-order valence-electron chi connectivity index (χ1n) is 3.32. The van der Waals surface area contributed by atoms with Crippen LogP contribution < -0.4 is 11.5 Å². The van der Waals surface area contributed by atoms with E-state index in [1.165, 1.54) is 12.8 Å². The molecule has 0 amide bonds. The molecule has 0 heterocycles. The van der Waals surface area contributed by atoms with Crippen molar-refractivity contribution < 1.29 is 0 Å². The number of rotatable bonds is 5. The second-order valence-corrected chi connectivity index (χ2v) is 1.99. The van der Waals surface area contributed by atoms with Gasteiger partial charge in [-0.1, -0.05) is 12.8 Å². The zero-order chi connectivity index (χ0) is 6.24. The molecule has 0 unspecified atom stereocenters. The highest BCUT2D eigenvalue weighted by molar-refractivity contribution is 5.85. The number of nitrogens with two attached hydrogens (primary N) is 2. The summed E-state index contributed by atoms with van der Waals surface area (Å²) in [6, 6.07) is 0. The fourth-order valence-electron chi connectivity index (χ4n) is 0.642. The lowest BCUT2D eigenvalue weighted by atomic mass is 10.3. The summed E-state index contributed by atoms with van der Waals surface area (Å²) in [5.41, 5.74) is 10.6. The van der Waals surface area contributed by atoms with Crippen LogP contribution in [-0.2, 0) is 0 Å². The molecular formula is C6H18Cl2N2. The van der Waals surface area contributed by atoms with Crippen LogP contribution in [0.4, 0.5) is 0 Å². The number of halogens is 2. The Morgan fingerprint density at radius 3 is 1.10 bits per heavy atom. The quantitative estimate of drug-likeness (QED) is 0.393. The van der Waals surface area contributed by atoms with Crippen molar-refractivity contribution in [3.63, 3.8) is 0 Å². The molecule has 4 heteroatoms. The highest BCUT2D eigenvalue weighted by Crippen LogP contribution is 1.95. The molecule has 0 aliphatic rings. The van der Waals surface area contributed by atoms with E-state index < -0.39 is 0 Å². The Labute approximate surface area is 75.5 Å². The van der Waals surface area contributed by atoms with E-state index in [-0.39, 0.29) is 24.8 Å². The molecule has 0 saturated heterocycles. The van der Waals surface area contributed by atoms with Crippen molar-refractivity contribution in [3.8, 4) is 0 Å². The fourth-order valence-corrected chi connectivity index (χ4v) is 0.642. The Kier molecular flexibility index (Phi) is 27.4. The maximum absolute atomic E-state index is 5.28. The molecule has 0 aliphatic carbocycles. The van der Waals surface area contributed by atoms with Crippen molar-refractivity contribution in [1.29, 1.82) is 0 Å². The summed E-state index contributed by atoms with van der Waals surface area (Å²) in [7, 11) is 0. The molecule has 0 aromatic carbocycles. The van der Waals surface area contributed by atoms with Gasteiger partial charge in [-0.3, -0.25) is 0 Å². The van der Waals surface area contributed by atoms with Crippen molar-refractivity contribution in [2.24, 2.45) is 11.5 Å². The molecule has 0 radical (unpaired) electrons. The first-order valence-corrected chi connectivity index (χ1v) is 3.32. The second-order valence-electron chi connectivity index (χ2n) is 1.99. The van der Waals surface area contributed by atoms with Gasteiger partial charge in [0.15, 0.2) is 0 Å². The van der Waals surface area contributed by atoms with Crippen molar-refractivity contribution >= 4 is 24.8 Å². The topological polar surface area (TPSA) is 52.0 Å². The molecule has 0 aromatic heterocycles. The fraction of sp³-hybridized carbons (Fsp3) is 1.00. The molecule has 0 aromatic rings. The average molecular weight is 193 g/mol. The Morgan fingerprint density at radius 2 is 0.900 bits per heavy atom. The Morgan fingerprint density at radius 1 is 0.600 bits per heavy atom. The Bertz CT molecular complexity index is 38.7. The average Bonchev–Trinajstić information content (AvgIpc) is 1.81. The van der Waals surface area contributed by atoms with Crippen LogP contribution in [0.3, 0.4) is 0 Å². The van der Waals surface area contributed by atoms with Crippen LogP contribution >= 0.6 is 24.8 Å². The molecule has 4 N–H and O–H groups in total. The number of hydrogen-bond donors (Lipinski definition) is 2. The first-order chi connectivity index (χ1) is 3.91. The SMILES string of the molecule is Cl.Cl.[15NH2][13CH2]CCCC[13CH2][15NH2]. The summed E-state index contributed by atoms with van der Waals surface area (Å²) in [6.45, 7) is 1.65. The second kappa shape index (κ2) is 16.2. The monoisotopic (exact) mass is 192 g/mol. The standard InChI is InChI=1S/C6H16N2.2ClH/c7-5-3-1-2-4-6-8;;/h1-8H2;2*1H/i5+1,6+1,7+1,8+1;;. The maximum atomic E-state index is 5.28. The van der Waals surface area contributed by atoms with Gasteiger partial charge in [0.1, 0.15) is 0 Å². The zero-order valence-corrected chi connectivity index (χ0v) is 7.85. The normalized spacial score (nSPS) is 7.80. The minimum Gasteiger partial charge on any atom is -0.330 e. The van der Waals surface area contributed by atoms with E-state index in [0.29, 0.717) is 0 Å². The third-order valence-electron chi connectivity index (χ3n) is 1.16. The summed E-state index contributed by atoms with van der Waals surface area (Å²) in [5.74, 6) is 0. The minimum absolute atomic E-state index is 0. The number of unbranched alkanes of at least 4 members (excludes halogenated alkanes) is 3. The van der Waals surface area contributed by atoms with E-state index in [4.69, 9.17) is 11.5 Å². The molecular weight excluding hydrogens is 175 g/mol. The zero-order valence-electron chi connectivity index (χ0n) is 6.21. The lowest BCUT2D eigenvalue weighted by molar-refractivity contribution is 0.653. The highest BCUT2D eigenvalue weighted by Gasteiger charge is 1.83. The van der Waals surface area contributed by atoms with Crippen LogP contribution in [-0.4, -0.2) is 13.1 Å². The molecule has 0 rings (SSSR count). The van der Waals surface area contributed by atoms with E-state index in [9.17, 15) is 0 Å². The smallest absolute Gasteiger partial charge is 0.00773 e. The summed E-state index contributed by atoms with van der Waals surface area (Å²) < 4.78 is 0. The van der Waals surface area contributed by atoms with Crippen LogP contribution in [0.25, 0.3) is 0 Å². The molecule has 0 saturated carbocycles. The predicted octanol–water partition coefficient (Wildman–Crippen LogP) is 1.31. The molecule has 0 spiro atoms. The summed E-state index contributed by atoms with van der Waals surface area (Å²) >= 11 is 0. The molecule has 0 atom stereocenters. The van der Waals surface area contributed by atoms with Crippen LogP contribution in [0.15, 0.2) is 0 Å². The summed E-state index contributed by atoms with van der Waals surface area (Å²) in [6.07, 6.45) is 4.79. The van der Waals surface area contributed by atoms with Crippen molar-refractivity contribution in [1.82, 2.24) is 0 Å². The van der Waals surface area contributed by atoms with Gasteiger partial charge in [-0.15, -0.1) is 24.8 Å². The van der Waals surface area contributed by atoms with E-state index >= 15 is 0 Å². The molecule has 0 aliphatic heterocycles. The van der Waals surface area contributed by atoms with Gasteiger partial charge in [-0.25, -0.2) is 0 Å². The lowest BCUT2D eigenvalue weighted by Crippen LogP contribution is -2.00. The molecule has 10 heavy (non-hydrogen) atoms.